The van der Waals surface area contributed by atoms with Crippen molar-refractivity contribution in [2.75, 3.05) is 31.6 Å². The van der Waals surface area contributed by atoms with Crippen LogP contribution in [0.5, 0.6) is 0 Å². The third kappa shape index (κ3) is 13.4. The summed E-state index contributed by atoms with van der Waals surface area (Å²) in [5.41, 5.74) is 0.414. The largest absolute Gasteiger partial charge is 0.461 e. The Morgan fingerprint density at radius 2 is 1.67 bits per heavy atom. The number of rotatable bonds is 19. The summed E-state index contributed by atoms with van der Waals surface area (Å²) in [4.78, 5) is 86.7. The van der Waals surface area contributed by atoms with Gasteiger partial charge in [0.2, 0.25) is 35.4 Å². The number of amides is 6. The molecule has 1 aromatic rings. The predicted octanol–water partition coefficient (Wildman–Crippen LogP) is 2.06. The average Bonchev–Trinajstić information content (AvgIpc) is 3.26. The molecule has 3 unspecified atom stereocenters. The van der Waals surface area contributed by atoms with Crippen molar-refractivity contribution in [1.82, 2.24) is 20.9 Å². The third-order valence-corrected chi connectivity index (χ3v) is 7.99. The van der Waals surface area contributed by atoms with Crippen LogP contribution in [0.25, 0.3) is 0 Å². The zero-order chi connectivity index (χ0) is 36.0. The summed E-state index contributed by atoms with van der Waals surface area (Å²) in [5, 5.41) is 10.9. The van der Waals surface area contributed by atoms with Gasteiger partial charge in [-0.05, 0) is 43.4 Å². The molecule has 2 rings (SSSR count). The highest BCUT2D eigenvalue weighted by atomic mass is 16.5. The minimum absolute atomic E-state index is 0.0427. The second kappa shape index (κ2) is 18.9. The highest BCUT2D eigenvalue weighted by molar-refractivity contribution is 6.03. The van der Waals surface area contributed by atoms with Crippen LogP contribution in [-0.2, 0) is 49.6 Å². The van der Waals surface area contributed by atoms with E-state index in [0.717, 1.165) is 10.5 Å². The van der Waals surface area contributed by atoms with E-state index in [9.17, 15) is 33.6 Å². The van der Waals surface area contributed by atoms with Crippen molar-refractivity contribution in [2.24, 2.45) is 17.3 Å². The lowest BCUT2D eigenvalue weighted by Crippen LogP contribution is -2.53. The summed E-state index contributed by atoms with van der Waals surface area (Å²) in [6.45, 7) is 12.5. The fourth-order valence-electron chi connectivity index (χ4n) is 4.74. The molecule has 0 aliphatic carbocycles. The van der Waals surface area contributed by atoms with E-state index in [4.69, 9.17) is 9.47 Å². The minimum atomic E-state index is -0.862. The molecule has 4 N–H and O–H groups in total. The number of carbonyl (C=O) groups excluding carboxylic acids is 7. The Bertz CT molecular complexity index is 1310. The quantitative estimate of drug-likeness (QED) is 0.126. The van der Waals surface area contributed by atoms with Gasteiger partial charge in [-0.1, -0.05) is 46.8 Å². The van der Waals surface area contributed by atoms with Crippen molar-refractivity contribution in [2.45, 2.75) is 92.9 Å². The number of hydrogen-bond donors (Lipinski definition) is 4. The first-order valence-corrected chi connectivity index (χ1v) is 16.3. The zero-order valence-corrected chi connectivity index (χ0v) is 29.1. The standard InChI is InChI=1S/C34H51N5O9/c1-21(2)30(31(44)36-19-28(42)37-26-10-8-25(9-11-26)20-48-24(5)40)38-33(46)34(6,7)14-17-47-23(4)12-15-35-27(41)13-16-39-29(43)18-22(3)32(39)45/h8-11,21-23,30H,12-20H2,1-7H3,(H,35,41)(H,36,44)(H,37,42)(H,38,46). The van der Waals surface area contributed by atoms with Crippen molar-refractivity contribution in [1.29, 1.82) is 0 Å². The molecular formula is C34H51N5O9. The number of nitrogens with one attached hydrogen (secondary N) is 4. The molecule has 1 fully saturated rings. The lowest BCUT2D eigenvalue weighted by Gasteiger charge is -2.29. The fraction of sp³-hybridized carbons (Fsp3) is 0.618. The van der Waals surface area contributed by atoms with E-state index in [1.807, 2.05) is 6.92 Å². The summed E-state index contributed by atoms with van der Waals surface area (Å²) in [7, 11) is 0. The van der Waals surface area contributed by atoms with Gasteiger partial charge in [-0.2, -0.15) is 0 Å². The molecule has 1 heterocycles. The van der Waals surface area contributed by atoms with Crippen LogP contribution < -0.4 is 21.3 Å². The minimum Gasteiger partial charge on any atom is -0.461 e. The first-order chi connectivity index (χ1) is 22.5. The fourth-order valence-corrected chi connectivity index (χ4v) is 4.74. The van der Waals surface area contributed by atoms with E-state index in [1.54, 1.807) is 58.9 Å². The molecule has 0 radical (unpaired) electrons. The van der Waals surface area contributed by atoms with Crippen LogP contribution in [0.4, 0.5) is 5.69 Å². The SMILES string of the molecule is CC(=O)OCc1ccc(NC(=O)CNC(=O)C(NC(=O)C(C)(C)CCOC(C)CCNC(=O)CCN2C(=O)CC(C)C2=O)C(C)C)cc1. The number of hydrogen-bond acceptors (Lipinski definition) is 9. The maximum atomic E-state index is 13.2. The van der Waals surface area contributed by atoms with Gasteiger partial charge in [-0.3, -0.25) is 38.5 Å². The van der Waals surface area contributed by atoms with E-state index >= 15 is 0 Å². The molecule has 3 atom stereocenters. The van der Waals surface area contributed by atoms with Crippen molar-refractivity contribution in [3.63, 3.8) is 0 Å². The second-order valence-corrected chi connectivity index (χ2v) is 13.1. The Labute approximate surface area is 282 Å². The number of likely N-dealkylation sites (tertiary alicyclic amines) is 1. The number of benzene rings is 1. The van der Waals surface area contributed by atoms with Gasteiger partial charge in [0.25, 0.3) is 0 Å². The van der Waals surface area contributed by atoms with Gasteiger partial charge in [-0.15, -0.1) is 0 Å². The molecule has 1 aromatic carbocycles. The van der Waals surface area contributed by atoms with Gasteiger partial charge < -0.3 is 30.7 Å². The molecule has 1 saturated heterocycles. The Morgan fingerprint density at radius 1 is 1.00 bits per heavy atom. The first kappa shape index (κ1) is 39.8. The predicted molar refractivity (Wildman–Crippen MR) is 177 cm³/mol. The summed E-state index contributed by atoms with van der Waals surface area (Å²) >= 11 is 0. The molecule has 48 heavy (non-hydrogen) atoms. The summed E-state index contributed by atoms with van der Waals surface area (Å²) in [6, 6.07) is 5.88. The molecule has 14 heteroatoms. The monoisotopic (exact) mass is 673 g/mol. The number of anilines is 1. The Hall–Kier alpha value is -4.33. The van der Waals surface area contributed by atoms with Gasteiger partial charge in [0.05, 0.1) is 12.6 Å². The number of ether oxygens (including phenoxy) is 2. The molecule has 0 spiro atoms. The van der Waals surface area contributed by atoms with Crippen molar-refractivity contribution >= 4 is 47.1 Å². The molecule has 0 bridgehead atoms. The number of nitrogens with zero attached hydrogens (tertiary/aromatic N) is 1. The zero-order valence-electron chi connectivity index (χ0n) is 29.1. The second-order valence-electron chi connectivity index (χ2n) is 13.1. The van der Waals surface area contributed by atoms with E-state index in [1.165, 1.54) is 6.92 Å². The third-order valence-electron chi connectivity index (χ3n) is 7.99. The normalized spacial score (nSPS) is 15.9. The highest BCUT2D eigenvalue weighted by Crippen LogP contribution is 2.22. The lowest BCUT2D eigenvalue weighted by molar-refractivity contribution is -0.142. The summed E-state index contributed by atoms with van der Waals surface area (Å²) in [5.74, 6) is -2.98. The van der Waals surface area contributed by atoms with E-state index < -0.39 is 23.3 Å². The van der Waals surface area contributed by atoms with Crippen LogP contribution in [0.2, 0.25) is 0 Å². The Morgan fingerprint density at radius 3 is 2.25 bits per heavy atom. The van der Waals surface area contributed by atoms with Crippen LogP contribution in [0.3, 0.4) is 0 Å². The van der Waals surface area contributed by atoms with Crippen molar-refractivity contribution in [3.05, 3.63) is 29.8 Å². The van der Waals surface area contributed by atoms with E-state index in [-0.39, 0.29) is 86.7 Å². The van der Waals surface area contributed by atoms with Gasteiger partial charge >= 0.3 is 5.97 Å². The molecular weight excluding hydrogens is 622 g/mol. The van der Waals surface area contributed by atoms with Crippen molar-refractivity contribution in [3.8, 4) is 0 Å². The van der Waals surface area contributed by atoms with Crippen LogP contribution in [0.1, 0.15) is 79.7 Å². The lowest BCUT2D eigenvalue weighted by atomic mass is 9.87. The Balaban J connectivity index is 1.70. The van der Waals surface area contributed by atoms with Gasteiger partial charge in [0.15, 0.2) is 0 Å². The summed E-state index contributed by atoms with van der Waals surface area (Å²) in [6.07, 6.45) is 0.927. The highest BCUT2D eigenvalue weighted by Gasteiger charge is 2.35. The molecule has 6 amide bonds. The topological polar surface area (TPSA) is 189 Å². The molecule has 1 aliphatic rings. The van der Waals surface area contributed by atoms with Crippen LogP contribution in [0, 0.1) is 17.3 Å². The Kier molecular flexibility index (Phi) is 15.7. The van der Waals surface area contributed by atoms with E-state index in [0.29, 0.717) is 25.1 Å². The smallest absolute Gasteiger partial charge is 0.302 e. The molecule has 266 valence electrons. The van der Waals surface area contributed by atoms with Gasteiger partial charge in [0.1, 0.15) is 12.6 Å². The van der Waals surface area contributed by atoms with Crippen molar-refractivity contribution < 1.29 is 43.0 Å². The van der Waals surface area contributed by atoms with Gasteiger partial charge in [-0.25, -0.2) is 0 Å². The number of carbonyl (C=O) groups is 7. The van der Waals surface area contributed by atoms with E-state index in [2.05, 4.69) is 21.3 Å². The number of esters is 1. The maximum Gasteiger partial charge on any atom is 0.302 e. The molecule has 14 nitrogen and oxygen atoms in total. The molecule has 1 aliphatic heterocycles. The van der Waals surface area contributed by atoms with Crippen LogP contribution in [-0.4, -0.2) is 84.7 Å². The average molecular weight is 674 g/mol. The van der Waals surface area contributed by atoms with Crippen LogP contribution >= 0.6 is 0 Å². The van der Waals surface area contributed by atoms with Gasteiger partial charge in [0, 0.05) is 56.5 Å². The van der Waals surface area contributed by atoms with Crippen LogP contribution in [0.15, 0.2) is 24.3 Å². The molecule has 0 aromatic heterocycles. The first-order valence-electron chi connectivity index (χ1n) is 16.3. The maximum absolute atomic E-state index is 13.2. The molecule has 0 saturated carbocycles. The summed E-state index contributed by atoms with van der Waals surface area (Å²) < 4.78 is 10.8. The number of imide groups is 1.